The lowest BCUT2D eigenvalue weighted by Gasteiger charge is -2.34. The minimum Gasteiger partial charge on any atom is -0.358 e. The number of nitrogens with one attached hydrogen (secondary N) is 2. The van der Waals surface area contributed by atoms with Crippen LogP contribution in [0, 0.1) is 11.3 Å². The summed E-state index contributed by atoms with van der Waals surface area (Å²) in [6.07, 6.45) is 5.16. The van der Waals surface area contributed by atoms with Gasteiger partial charge in [0.05, 0.1) is 0 Å². The van der Waals surface area contributed by atoms with E-state index < -0.39 is 0 Å². The molecule has 17 heavy (non-hydrogen) atoms. The summed E-state index contributed by atoms with van der Waals surface area (Å²) in [6, 6.07) is 0. The Bertz CT molecular complexity index is 321. The normalized spacial score (nSPS) is 25.4. The first-order valence-corrected chi connectivity index (χ1v) is 6.54. The van der Waals surface area contributed by atoms with Crippen molar-refractivity contribution in [2.45, 2.75) is 40.0 Å². The molecule has 1 aliphatic carbocycles. The van der Waals surface area contributed by atoms with Gasteiger partial charge in [0.25, 0.3) is 0 Å². The van der Waals surface area contributed by atoms with Crippen LogP contribution in [0.25, 0.3) is 0 Å². The molecule has 1 rings (SSSR count). The molecule has 0 radical (unpaired) electrons. The third-order valence-corrected chi connectivity index (χ3v) is 3.13. The van der Waals surface area contributed by atoms with Crippen LogP contribution in [-0.2, 0) is 0 Å². The molecule has 0 aromatic carbocycles. The van der Waals surface area contributed by atoms with Gasteiger partial charge in [-0.2, -0.15) is 5.10 Å². The highest BCUT2D eigenvalue weighted by atomic mass is 32.1. The number of rotatable bonds is 3. The monoisotopic (exact) mass is 253 g/mol. The standard InChI is InChI=1S/C13H23N3S/c1-5-6-14-12(17)16-15-11-7-10(2)8-13(3,4)9-11/h5,10H,1,6-9H2,2-4H3,(H2,14,16,17)/b15-11-/t10-/m1/s1. The molecule has 4 heteroatoms. The summed E-state index contributed by atoms with van der Waals surface area (Å²) in [5.41, 5.74) is 4.48. The molecule has 1 fully saturated rings. The second kappa shape index (κ2) is 6.15. The van der Waals surface area contributed by atoms with Gasteiger partial charge in [-0.1, -0.05) is 26.8 Å². The smallest absolute Gasteiger partial charge is 0.187 e. The third kappa shape index (κ3) is 5.31. The highest BCUT2D eigenvalue weighted by Gasteiger charge is 2.29. The first-order valence-electron chi connectivity index (χ1n) is 6.13. The molecule has 96 valence electrons. The summed E-state index contributed by atoms with van der Waals surface area (Å²) in [4.78, 5) is 0. The summed E-state index contributed by atoms with van der Waals surface area (Å²) in [6.45, 7) is 11.2. The molecule has 1 saturated carbocycles. The lowest BCUT2D eigenvalue weighted by Crippen LogP contribution is -2.34. The van der Waals surface area contributed by atoms with Gasteiger partial charge in [-0.25, -0.2) is 0 Å². The summed E-state index contributed by atoms with van der Waals surface area (Å²) in [5, 5.41) is 7.97. The highest BCUT2D eigenvalue weighted by molar-refractivity contribution is 7.80. The number of nitrogens with zero attached hydrogens (tertiary/aromatic N) is 1. The Morgan fingerprint density at radius 2 is 2.35 bits per heavy atom. The zero-order valence-electron chi connectivity index (χ0n) is 11.0. The molecule has 0 aliphatic heterocycles. The zero-order chi connectivity index (χ0) is 12.9. The quantitative estimate of drug-likeness (QED) is 0.461. The van der Waals surface area contributed by atoms with Crippen molar-refractivity contribution in [1.29, 1.82) is 0 Å². The minimum absolute atomic E-state index is 0.355. The molecule has 2 N–H and O–H groups in total. The van der Waals surface area contributed by atoms with Crippen LogP contribution in [0.2, 0.25) is 0 Å². The average Bonchev–Trinajstić information content (AvgIpc) is 2.20. The predicted molar refractivity (Wildman–Crippen MR) is 78.2 cm³/mol. The van der Waals surface area contributed by atoms with Gasteiger partial charge < -0.3 is 5.32 Å². The van der Waals surface area contributed by atoms with E-state index in [0.29, 0.717) is 23.0 Å². The van der Waals surface area contributed by atoms with Crippen molar-refractivity contribution in [2.24, 2.45) is 16.4 Å². The minimum atomic E-state index is 0.355. The highest BCUT2D eigenvalue weighted by Crippen LogP contribution is 2.36. The second-order valence-corrected chi connectivity index (χ2v) is 6.05. The number of hydrogen-bond acceptors (Lipinski definition) is 2. The topological polar surface area (TPSA) is 36.4 Å². The molecule has 0 unspecified atom stereocenters. The van der Waals surface area contributed by atoms with Crippen molar-refractivity contribution < 1.29 is 0 Å². The van der Waals surface area contributed by atoms with Crippen LogP contribution in [0.4, 0.5) is 0 Å². The lowest BCUT2D eigenvalue weighted by molar-refractivity contribution is 0.265. The van der Waals surface area contributed by atoms with Crippen LogP contribution < -0.4 is 10.7 Å². The van der Waals surface area contributed by atoms with Crippen LogP contribution in [-0.4, -0.2) is 17.4 Å². The van der Waals surface area contributed by atoms with E-state index >= 15 is 0 Å². The van der Waals surface area contributed by atoms with E-state index in [1.54, 1.807) is 6.08 Å². The van der Waals surface area contributed by atoms with Crippen molar-refractivity contribution >= 4 is 23.0 Å². The Balaban J connectivity index is 2.48. The number of hydrogen-bond donors (Lipinski definition) is 2. The summed E-state index contributed by atoms with van der Waals surface area (Å²) >= 11 is 5.10. The van der Waals surface area contributed by atoms with E-state index in [4.69, 9.17) is 12.2 Å². The maximum absolute atomic E-state index is 5.10. The van der Waals surface area contributed by atoms with Crippen LogP contribution in [0.1, 0.15) is 40.0 Å². The molecule has 0 aromatic heterocycles. The number of thiocarbonyl (C=S) groups is 1. The van der Waals surface area contributed by atoms with Gasteiger partial charge >= 0.3 is 0 Å². The molecular weight excluding hydrogens is 230 g/mol. The van der Waals surface area contributed by atoms with Crippen molar-refractivity contribution in [1.82, 2.24) is 10.7 Å². The predicted octanol–water partition coefficient (Wildman–Crippen LogP) is 2.84. The van der Waals surface area contributed by atoms with E-state index in [-0.39, 0.29) is 0 Å². The molecule has 0 heterocycles. The van der Waals surface area contributed by atoms with Crippen LogP contribution >= 0.6 is 12.2 Å². The van der Waals surface area contributed by atoms with Crippen molar-refractivity contribution in [3.05, 3.63) is 12.7 Å². The van der Waals surface area contributed by atoms with Crippen LogP contribution in [0.5, 0.6) is 0 Å². The maximum Gasteiger partial charge on any atom is 0.187 e. The molecular formula is C13H23N3S. The Kier molecular flexibility index (Phi) is 5.12. The van der Waals surface area contributed by atoms with Crippen LogP contribution in [0.15, 0.2) is 17.8 Å². The van der Waals surface area contributed by atoms with E-state index in [2.05, 4.69) is 43.2 Å². The van der Waals surface area contributed by atoms with Crippen molar-refractivity contribution in [2.75, 3.05) is 6.54 Å². The average molecular weight is 253 g/mol. The zero-order valence-corrected chi connectivity index (χ0v) is 11.9. The first-order chi connectivity index (χ1) is 7.93. The first kappa shape index (κ1) is 14.2. The van der Waals surface area contributed by atoms with Crippen molar-refractivity contribution in [3.8, 4) is 0 Å². The fourth-order valence-electron chi connectivity index (χ4n) is 2.53. The molecule has 3 nitrogen and oxygen atoms in total. The van der Waals surface area contributed by atoms with Gasteiger partial charge in [0.15, 0.2) is 5.11 Å². The fraction of sp³-hybridized carbons (Fsp3) is 0.692. The molecule has 1 aliphatic rings. The van der Waals surface area contributed by atoms with Gasteiger partial charge in [-0.3, -0.25) is 5.43 Å². The summed E-state index contributed by atoms with van der Waals surface area (Å²) < 4.78 is 0. The molecule has 1 atom stereocenters. The Morgan fingerprint density at radius 1 is 1.65 bits per heavy atom. The van der Waals surface area contributed by atoms with Gasteiger partial charge in [0.2, 0.25) is 0 Å². The summed E-state index contributed by atoms with van der Waals surface area (Å²) in [7, 11) is 0. The summed E-state index contributed by atoms with van der Waals surface area (Å²) in [5.74, 6) is 0.703. The van der Waals surface area contributed by atoms with Gasteiger partial charge in [-0.05, 0) is 42.8 Å². The van der Waals surface area contributed by atoms with Crippen LogP contribution in [0.3, 0.4) is 0 Å². The molecule has 0 bridgehead atoms. The SMILES string of the molecule is C=CCNC(=S)N/N=C1/C[C@@H](C)CC(C)(C)C1. The lowest BCUT2D eigenvalue weighted by atomic mass is 9.72. The van der Waals surface area contributed by atoms with Gasteiger partial charge in [0, 0.05) is 12.3 Å². The Morgan fingerprint density at radius 3 is 2.94 bits per heavy atom. The Labute approximate surface area is 110 Å². The maximum atomic E-state index is 5.10. The van der Waals surface area contributed by atoms with E-state index in [1.807, 2.05) is 0 Å². The van der Waals surface area contributed by atoms with Gasteiger partial charge in [-0.15, -0.1) is 6.58 Å². The second-order valence-electron chi connectivity index (χ2n) is 5.64. The largest absolute Gasteiger partial charge is 0.358 e. The fourth-order valence-corrected chi connectivity index (χ4v) is 2.66. The number of hydrazone groups is 1. The molecule has 0 spiro atoms. The van der Waals surface area contributed by atoms with Gasteiger partial charge in [0.1, 0.15) is 0 Å². The molecule has 0 saturated heterocycles. The van der Waals surface area contributed by atoms with E-state index in [0.717, 1.165) is 12.8 Å². The Hall–Kier alpha value is -0.900. The van der Waals surface area contributed by atoms with Crippen molar-refractivity contribution in [3.63, 3.8) is 0 Å². The molecule has 0 aromatic rings. The third-order valence-electron chi connectivity index (χ3n) is 2.89. The van der Waals surface area contributed by atoms with E-state index in [9.17, 15) is 0 Å². The molecule has 0 amide bonds. The van der Waals surface area contributed by atoms with E-state index in [1.165, 1.54) is 12.1 Å².